The van der Waals surface area contributed by atoms with Gasteiger partial charge >= 0.3 is 6.09 Å². The number of hydrogen-bond acceptors (Lipinski definition) is 4. The lowest BCUT2D eigenvalue weighted by molar-refractivity contribution is 0.0104. The minimum absolute atomic E-state index is 0.153. The van der Waals surface area contributed by atoms with E-state index >= 15 is 0 Å². The first-order chi connectivity index (χ1) is 10.8. The van der Waals surface area contributed by atoms with Gasteiger partial charge < -0.3 is 20.3 Å². The van der Waals surface area contributed by atoms with Gasteiger partial charge in [-0.3, -0.25) is 0 Å². The van der Waals surface area contributed by atoms with Gasteiger partial charge in [-0.05, 0) is 66.6 Å². The molecule has 0 aromatic heterocycles. The van der Waals surface area contributed by atoms with Crippen molar-refractivity contribution >= 4 is 6.09 Å². The van der Waals surface area contributed by atoms with Crippen molar-refractivity contribution < 1.29 is 9.53 Å². The summed E-state index contributed by atoms with van der Waals surface area (Å²) in [4.78, 5) is 16.9. The standard InChI is InChI=1S/C18H37N3O2/c1-18(2,3)23-17(22)21(16-10-6-5-7-11-16)15-14-20(4)13-9-8-12-19/h16H,5-15,19H2,1-4H3. The quantitative estimate of drug-likeness (QED) is 0.695. The number of nitrogens with zero attached hydrogens (tertiary/aromatic N) is 2. The normalized spacial score (nSPS) is 16.6. The second-order valence-electron chi connectivity index (χ2n) is 7.76. The predicted octanol–water partition coefficient (Wildman–Crippen LogP) is 3.23. The number of nitrogens with two attached hydrogens (primary N) is 1. The third kappa shape index (κ3) is 8.56. The first-order valence-electron chi connectivity index (χ1n) is 9.21. The SMILES string of the molecule is CN(CCCCN)CCN(C(=O)OC(C)(C)C)C1CCCCC1. The highest BCUT2D eigenvalue weighted by atomic mass is 16.6. The first-order valence-corrected chi connectivity index (χ1v) is 9.21. The molecule has 0 aromatic carbocycles. The average Bonchev–Trinajstić information content (AvgIpc) is 2.47. The molecular formula is C18H37N3O2. The zero-order valence-corrected chi connectivity index (χ0v) is 15.6. The Kier molecular flexibility index (Phi) is 8.92. The molecule has 23 heavy (non-hydrogen) atoms. The molecule has 1 fully saturated rings. The summed E-state index contributed by atoms with van der Waals surface area (Å²) in [6.45, 7) is 9.22. The van der Waals surface area contributed by atoms with Crippen molar-refractivity contribution in [2.45, 2.75) is 77.4 Å². The van der Waals surface area contributed by atoms with Crippen LogP contribution in [-0.4, -0.2) is 60.8 Å². The number of unbranched alkanes of at least 4 members (excludes halogenated alkanes) is 1. The van der Waals surface area contributed by atoms with E-state index in [4.69, 9.17) is 10.5 Å². The third-order valence-corrected chi connectivity index (χ3v) is 4.36. The number of likely N-dealkylation sites (N-methyl/N-ethyl adjacent to an activating group) is 1. The molecule has 1 saturated carbocycles. The lowest BCUT2D eigenvalue weighted by atomic mass is 9.94. The maximum absolute atomic E-state index is 12.6. The summed E-state index contributed by atoms with van der Waals surface area (Å²) in [5, 5.41) is 0. The molecular weight excluding hydrogens is 290 g/mol. The second kappa shape index (κ2) is 10.1. The van der Waals surface area contributed by atoms with Gasteiger partial charge in [-0.15, -0.1) is 0 Å². The fourth-order valence-electron chi connectivity index (χ4n) is 3.05. The summed E-state index contributed by atoms with van der Waals surface area (Å²) in [6, 6.07) is 0.344. The number of carbonyl (C=O) groups is 1. The zero-order chi connectivity index (χ0) is 17.3. The lowest BCUT2D eigenvalue weighted by Crippen LogP contribution is -2.47. The number of amides is 1. The van der Waals surface area contributed by atoms with Gasteiger partial charge in [0.05, 0.1) is 0 Å². The molecule has 1 aliphatic rings. The Hall–Kier alpha value is -0.810. The van der Waals surface area contributed by atoms with E-state index in [2.05, 4.69) is 11.9 Å². The molecule has 0 aliphatic heterocycles. The lowest BCUT2D eigenvalue weighted by Gasteiger charge is -2.36. The molecule has 0 heterocycles. The van der Waals surface area contributed by atoms with Gasteiger partial charge in [0.15, 0.2) is 0 Å². The number of ether oxygens (including phenoxy) is 1. The van der Waals surface area contributed by atoms with Crippen molar-refractivity contribution in [3.05, 3.63) is 0 Å². The van der Waals surface area contributed by atoms with Crippen LogP contribution in [0.1, 0.15) is 65.7 Å². The molecule has 0 aromatic rings. The van der Waals surface area contributed by atoms with Gasteiger partial charge in [0.2, 0.25) is 0 Å². The van der Waals surface area contributed by atoms with Crippen LogP contribution in [0.25, 0.3) is 0 Å². The Labute approximate surface area is 142 Å². The van der Waals surface area contributed by atoms with Gasteiger partial charge in [0, 0.05) is 19.1 Å². The first kappa shape index (κ1) is 20.2. The largest absolute Gasteiger partial charge is 0.444 e. The molecule has 5 nitrogen and oxygen atoms in total. The Balaban J connectivity index is 2.54. The van der Waals surface area contributed by atoms with Crippen LogP contribution in [0.2, 0.25) is 0 Å². The smallest absolute Gasteiger partial charge is 0.410 e. The molecule has 1 amide bonds. The van der Waals surface area contributed by atoms with E-state index in [0.717, 1.165) is 51.9 Å². The summed E-state index contributed by atoms with van der Waals surface area (Å²) in [5.41, 5.74) is 5.11. The van der Waals surface area contributed by atoms with Crippen LogP contribution in [0, 0.1) is 0 Å². The van der Waals surface area contributed by atoms with Crippen LogP contribution in [0.15, 0.2) is 0 Å². The summed E-state index contributed by atoms with van der Waals surface area (Å²) < 4.78 is 5.64. The summed E-state index contributed by atoms with van der Waals surface area (Å²) >= 11 is 0. The van der Waals surface area contributed by atoms with Crippen LogP contribution in [-0.2, 0) is 4.74 Å². The summed E-state index contributed by atoms with van der Waals surface area (Å²) in [6.07, 6.45) is 7.96. The van der Waals surface area contributed by atoms with Crippen LogP contribution >= 0.6 is 0 Å². The van der Waals surface area contributed by atoms with Crippen molar-refractivity contribution in [1.82, 2.24) is 9.80 Å². The number of rotatable bonds is 8. The van der Waals surface area contributed by atoms with E-state index in [1.54, 1.807) is 0 Å². The highest BCUT2D eigenvalue weighted by Crippen LogP contribution is 2.24. The van der Waals surface area contributed by atoms with Crippen molar-refractivity contribution in [3.8, 4) is 0 Å². The van der Waals surface area contributed by atoms with Gasteiger partial charge in [-0.1, -0.05) is 19.3 Å². The van der Waals surface area contributed by atoms with Gasteiger partial charge in [0.25, 0.3) is 0 Å². The Morgan fingerprint density at radius 1 is 1.09 bits per heavy atom. The van der Waals surface area contributed by atoms with Crippen LogP contribution in [0.5, 0.6) is 0 Å². The summed E-state index contributed by atoms with van der Waals surface area (Å²) in [5.74, 6) is 0. The van der Waals surface area contributed by atoms with Gasteiger partial charge in [-0.25, -0.2) is 4.79 Å². The maximum atomic E-state index is 12.6. The second-order valence-corrected chi connectivity index (χ2v) is 7.76. The highest BCUT2D eigenvalue weighted by molar-refractivity contribution is 5.68. The van der Waals surface area contributed by atoms with Crippen LogP contribution in [0.3, 0.4) is 0 Å². The molecule has 5 heteroatoms. The Morgan fingerprint density at radius 2 is 1.74 bits per heavy atom. The Morgan fingerprint density at radius 3 is 2.30 bits per heavy atom. The predicted molar refractivity (Wildman–Crippen MR) is 95.6 cm³/mol. The Bertz CT molecular complexity index is 336. The molecule has 1 rings (SSSR count). The van der Waals surface area contributed by atoms with E-state index in [0.29, 0.717) is 6.04 Å². The molecule has 0 atom stereocenters. The molecule has 0 bridgehead atoms. The van der Waals surface area contributed by atoms with Crippen LogP contribution < -0.4 is 5.73 Å². The molecule has 2 N–H and O–H groups in total. The zero-order valence-electron chi connectivity index (χ0n) is 15.6. The molecule has 0 spiro atoms. The third-order valence-electron chi connectivity index (χ3n) is 4.36. The maximum Gasteiger partial charge on any atom is 0.410 e. The number of carbonyl (C=O) groups excluding carboxylic acids is 1. The molecule has 0 radical (unpaired) electrons. The molecule has 0 unspecified atom stereocenters. The van der Waals surface area contributed by atoms with Crippen LogP contribution in [0.4, 0.5) is 4.79 Å². The monoisotopic (exact) mass is 327 g/mol. The minimum Gasteiger partial charge on any atom is -0.444 e. The van der Waals surface area contributed by atoms with E-state index in [9.17, 15) is 4.79 Å². The van der Waals surface area contributed by atoms with Crippen molar-refractivity contribution in [3.63, 3.8) is 0 Å². The van der Waals surface area contributed by atoms with Gasteiger partial charge in [0.1, 0.15) is 5.60 Å². The van der Waals surface area contributed by atoms with E-state index in [1.807, 2.05) is 25.7 Å². The van der Waals surface area contributed by atoms with E-state index < -0.39 is 5.60 Å². The van der Waals surface area contributed by atoms with Crippen molar-refractivity contribution in [2.24, 2.45) is 5.73 Å². The molecule has 0 saturated heterocycles. The number of hydrogen-bond donors (Lipinski definition) is 1. The van der Waals surface area contributed by atoms with Gasteiger partial charge in [-0.2, -0.15) is 0 Å². The fourth-order valence-corrected chi connectivity index (χ4v) is 3.05. The summed E-state index contributed by atoms with van der Waals surface area (Å²) in [7, 11) is 2.12. The minimum atomic E-state index is -0.434. The van der Waals surface area contributed by atoms with E-state index in [-0.39, 0.29) is 6.09 Å². The topological polar surface area (TPSA) is 58.8 Å². The fraction of sp³-hybridized carbons (Fsp3) is 0.944. The van der Waals surface area contributed by atoms with E-state index in [1.165, 1.54) is 19.3 Å². The molecule has 1 aliphatic carbocycles. The highest BCUT2D eigenvalue weighted by Gasteiger charge is 2.29. The van der Waals surface area contributed by atoms with Crippen molar-refractivity contribution in [2.75, 3.05) is 33.2 Å². The van der Waals surface area contributed by atoms with Crippen molar-refractivity contribution in [1.29, 1.82) is 0 Å². The molecule has 136 valence electrons. The average molecular weight is 328 g/mol.